The highest BCUT2D eigenvalue weighted by atomic mass is 16.5. The third-order valence-electron chi connectivity index (χ3n) is 3.61. The fraction of sp³-hybridized carbons (Fsp3) is 0.600. The summed E-state index contributed by atoms with van der Waals surface area (Å²) < 4.78 is 10.6. The highest BCUT2D eigenvalue weighted by Crippen LogP contribution is 2.25. The SMILES string of the molecule is COc1ccc(OC)c(CNCCN(C)C2CC2)c1. The molecule has 0 amide bonds. The summed E-state index contributed by atoms with van der Waals surface area (Å²) in [6.07, 6.45) is 2.72. The summed E-state index contributed by atoms with van der Waals surface area (Å²) in [6.45, 7) is 2.89. The third kappa shape index (κ3) is 4.11. The summed E-state index contributed by atoms with van der Waals surface area (Å²) in [7, 11) is 5.58. The molecule has 1 aromatic rings. The van der Waals surface area contributed by atoms with Crippen LogP contribution in [-0.2, 0) is 6.54 Å². The fourth-order valence-corrected chi connectivity index (χ4v) is 2.20. The molecular weight excluding hydrogens is 240 g/mol. The lowest BCUT2D eigenvalue weighted by atomic mass is 10.2. The first kappa shape index (κ1) is 14.2. The second-order valence-corrected chi connectivity index (χ2v) is 5.07. The maximum absolute atomic E-state index is 5.37. The van der Waals surface area contributed by atoms with Crippen LogP contribution in [0.1, 0.15) is 18.4 Å². The zero-order chi connectivity index (χ0) is 13.7. The van der Waals surface area contributed by atoms with Gasteiger partial charge >= 0.3 is 0 Å². The molecule has 0 heterocycles. The van der Waals surface area contributed by atoms with Crippen molar-refractivity contribution >= 4 is 0 Å². The van der Waals surface area contributed by atoms with Gasteiger partial charge in [0, 0.05) is 31.2 Å². The van der Waals surface area contributed by atoms with Gasteiger partial charge in [0.15, 0.2) is 0 Å². The molecular formula is C15H24N2O2. The van der Waals surface area contributed by atoms with Crippen LogP contribution in [0.3, 0.4) is 0 Å². The van der Waals surface area contributed by atoms with Crippen molar-refractivity contribution in [1.29, 1.82) is 0 Å². The molecule has 1 aliphatic rings. The minimum absolute atomic E-state index is 0.804. The molecule has 0 unspecified atom stereocenters. The first-order valence-corrected chi connectivity index (χ1v) is 6.86. The molecule has 0 saturated heterocycles. The number of hydrogen-bond acceptors (Lipinski definition) is 4. The van der Waals surface area contributed by atoms with Gasteiger partial charge in [0.25, 0.3) is 0 Å². The number of benzene rings is 1. The number of rotatable bonds is 8. The van der Waals surface area contributed by atoms with E-state index in [0.29, 0.717) is 0 Å². The second kappa shape index (κ2) is 6.78. The summed E-state index contributed by atoms with van der Waals surface area (Å²) >= 11 is 0. The molecule has 1 N–H and O–H groups in total. The zero-order valence-electron chi connectivity index (χ0n) is 12.1. The van der Waals surface area contributed by atoms with Crippen molar-refractivity contribution < 1.29 is 9.47 Å². The Balaban J connectivity index is 1.80. The summed E-state index contributed by atoms with van der Waals surface area (Å²) in [4.78, 5) is 2.43. The van der Waals surface area contributed by atoms with Crippen LogP contribution in [0, 0.1) is 0 Å². The van der Waals surface area contributed by atoms with E-state index in [1.54, 1.807) is 14.2 Å². The Labute approximate surface area is 115 Å². The van der Waals surface area contributed by atoms with Crippen LogP contribution >= 0.6 is 0 Å². The summed E-state index contributed by atoms with van der Waals surface area (Å²) in [5, 5.41) is 3.46. The number of ether oxygens (including phenoxy) is 2. The normalized spacial score (nSPS) is 14.7. The summed E-state index contributed by atoms with van der Waals surface area (Å²) in [5.41, 5.74) is 1.14. The lowest BCUT2D eigenvalue weighted by molar-refractivity contribution is 0.321. The van der Waals surface area contributed by atoms with E-state index in [9.17, 15) is 0 Å². The number of nitrogens with zero attached hydrogens (tertiary/aromatic N) is 1. The molecule has 4 heteroatoms. The molecule has 2 rings (SSSR count). The Bertz CT molecular complexity index is 405. The monoisotopic (exact) mass is 264 g/mol. The van der Waals surface area contributed by atoms with Crippen molar-refractivity contribution in [3.8, 4) is 11.5 Å². The van der Waals surface area contributed by atoms with E-state index in [2.05, 4.69) is 17.3 Å². The predicted octanol–water partition coefficient (Wildman–Crippen LogP) is 1.89. The lowest BCUT2D eigenvalue weighted by Crippen LogP contribution is -2.30. The Morgan fingerprint density at radius 3 is 2.68 bits per heavy atom. The molecule has 4 nitrogen and oxygen atoms in total. The predicted molar refractivity (Wildman–Crippen MR) is 76.9 cm³/mol. The number of methoxy groups -OCH3 is 2. The quantitative estimate of drug-likeness (QED) is 0.727. The summed E-state index contributed by atoms with van der Waals surface area (Å²) in [6, 6.07) is 6.72. The highest BCUT2D eigenvalue weighted by molar-refractivity contribution is 5.40. The van der Waals surface area contributed by atoms with Crippen LogP contribution in [0.4, 0.5) is 0 Å². The molecule has 0 aliphatic heterocycles. The largest absolute Gasteiger partial charge is 0.497 e. The van der Waals surface area contributed by atoms with Crippen molar-refractivity contribution in [2.45, 2.75) is 25.4 Å². The van der Waals surface area contributed by atoms with E-state index < -0.39 is 0 Å². The Kier molecular flexibility index (Phi) is 5.05. The molecule has 1 saturated carbocycles. The molecule has 1 aliphatic carbocycles. The molecule has 0 aromatic heterocycles. The van der Waals surface area contributed by atoms with Gasteiger partial charge in [-0.25, -0.2) is 0 Å². The van der Waals surface area contributed by atoms with Crippen LogP contribution in [0.5, 0.6) is 11.5 Å². The standard InChI is InChI=1S/C15H24N2O2/c1-17(13-4-5-13)9-8-16-11-12-10-14(18-2)6-7-15(12)19-3/h6-7,10,13,16H,4-5,8-9,11H2,1-3H3. The molecule has 106 valence electrons. The van der Waals surface area contributed by atoms with Gasteiger partial charge in [-0.05, 0) is 38.1 Å². The van der Waals surface area contributed by atoms with E-state index in [4.69, 9.17) is 9.47 Å². The average molecular weight is 264 g/mol. The van der Waals surface area contributed by atoms with Gasteiger partial charge < -0.3 is 19.7 Å². The van der Waals surface area contributed by atoms with Gasteiger partial charge in [-0.15, -0.1) is 0 Å². The lowest BCUT2D eigenvalue weighted by Gasteiger charge is -2.16. The maximum atomic E-state index is 5.37. The average Bonchev–Trinajstić information content (AvgIpc) is 3.27. The van der Waals surface area contributed by atoms with E-state index in [0.717, 1.165) is 42.7 Å². The fourth-order valence-electron chi connectivity index (χ4n) is 2.20. The van der Waals surface area contributed by atoms with Crippen LogP contribution in [-0.4, -0.2) is 45.3 Å². The zero-order valence-corrected chi connectivity index (χ0v) is 12.1. The Morgan fingerprint density at radius 1 is 1.26 bits per heavy atom. The van der Waals surface area contributed by atoms with Gasteiger partial charge in [0.05, 0.1) is 14.2 Å². The van der Waals surface area contributed by atoms with Gasteiger partial charge in [0.2, 0.25) is 0 Å². The third-order valence-corrected chi connectivity index (χ3v) is 3.61. The van der Waals surface area contributed by atoms with Crippen molar-refractivity contribution in [1.82, 2.24) is 10.2 Å². The van der Waals surface area contributed by atoms with Crippen molar-refractivity contribution in [2.24, 2.45) is 0 Å². The van der Waals surface area contributed by atoms with Gasteiger partial charge in [-0.2, -0.15) is 0 Å². The van der Waals surface area contributed by atoms with Crippen LogP contribution in [0.25, 0.3) is 0 Å². The molecule has 1 fully saturated rings. The van der Waals surface area contributed by atoms with Gasteiger partial charge in [-0.3, -0.25) is 0 Å². The van der Waals surface area contributed by atoms with E-state index >= 15 is 0 Å². The molecule has 0 radical (unpaired) electrons. The van der Waals surface area contributed by atoms with E-state index in [1.165, 1.54) is 12.8 Å². The van der Waals surface area contributed by atoms with Gasteiger partial charge in [-0.1, -0.05) is 0 Å². The smallest absolute Gasteiger partial charge is 0.123 e. The van der Waals surface area contributed by atoms with E-state index in [-0.39, 0.29) is 0 Å². The molecule has 19 heavy (non-hydrogen) atoms. The number of nitrogens with one attached hydrogen (secondary N) is 1. The van der Waals surface area contributed by atoms with Crippen molar-refractivity contribution in [2.75, 3.05) is 34.4 Å². The molecule has 0 bridgehead atoms. The molecule has 0 spiro atoms. The van der Waals surface area contributed by atoms with Crippen molar-refractivity contribution in [3.05, 3.63) is 23.8 Å². The van der Waals surface area contributed by atoms with Crippen molar-refractivity contribution in [3.63, 3.8) is 0 Å². The molecule has 0 atom stereocenters. The topological polar surface area (TPSA) is 33.7 Å². The second-order valence-electron chi connectivity index (χ2n) is 5.07. The maximum Gasteiger partial charge on any atom is 0.123 e. The van der Waals surface area contributed by atoms with Gasteiger partial charge in [0.1, 0.15) is 11.5 Å². The first-order chi connectivity index (χ1) is 9.24. The number of likely N-dealkylation sites (N-methyl/N-ethyl adjacent to an activating group) is 1. The summed E-state index contributed by atoms with van der Waals surface area (Å²) in [5.74, 6) is 1.77. The Hall–Kier alpha value is -1.26. The van der Waals surface area contributed by atoms with Crippen LogP contribution < -0.4 is 14.8 Å². The molecule has 1 aromatic carbocycles. The first-order valence-electron chi connectivity index (χ1n) is 6.86. The van der Waals surface area contributed by atoms with Crippen LogP contribution in [0.15, 0.2) is 18.2 Å². The number of hydrogen-bond donors (Lipinski definition) is 1. The van der Waals surface area contributed by atoms with E-state index in [1.807, 2.05) is 18.2 Å². The minimum Gasteiger partial charge on any atom is -0.497 e. The highest BCUT2D eigenvalue weighted by Gasteiger charge is 2.25. The Morgan fingerprint density at radius 2 is 2.05 bits per heavy atom. The van der Waals surface area contributed by atoms with Crippen LogP contribution in [0.2, 0.25) is 0 Å². The minimum atomic E-state index is 0.804.